The van der Waals surface area contributed by atoms with Crippen molar-refractivity contribution < 1.29 is 9.47 Å². The molecule has 0 spiro atoms. The van der Waals surface area contributed by atoms with Gasteiger partial charge in [0.15, 0.2) is 6.20 Å². The Hall–Kier alpha value is -2.69. The van der Waals surface area contributed by atoms with Crippen LogP contribution in [-0.2, 0) is 0 Å². The summed E-state index contributed by atoms with van der Waals surface area (Å²) >= 11 is 0. The second-order valence-electron chi connectivity index (χ2n) is 4.17. The lowest BCUT2D eigenvalue weighted by molar-refractivity contribution is -0.611. The Morgan fingerprint density at radius 1 is 1.16 bits per heavy atom. The van der Waals surface area contributed by atoms with Gasteiger partial charge in [-0.25, -0.2) is 9.97 Å². The van der Waals surface area contributed by atoms with Crippen LogP contribution in [0.5, 0.6) is 11.8 Å². The minimum Gasteiger partial charge on any atom is -0.616 e. The van der Waals surface area contributed by atoms with Crippen molar-refractivity contribution in [3.8, 4) is 11.8 Å². The molecule has 0 N–H and O–H groups in total. The molecular formula is C14H11N3O2. The molecule has 94 valence electrons. The van der Waals surface area contributed by atoms with Gasteiger partial charge in [-0.2, -0.15) is 0 Å². The Morgan fingerprint density at radius 3 is 2.89 bits per heavy atom. The summed E-state index contributed by atoms with van der Waals surface area (Å²) in [5, 5.41) is 12.4. The van der Waals surface area contributed by atoms with Crippen LogP contribution in [0.1, 0.15) is 5.56 Å². The molecule has 0 bridgehead atoms. The highest BCUT2D eigenvalue weighted by Gasteiger charge is 2.11. The van der Waals surface area contributed by atoms with Crippen LogP contribution in [0.25, 0.3) is 10.9 Å². The first-order valence-corrected chi connectivity index (χ1v) is 5.81. The molecule has 0 saturated carbocycles. The molecule has 5 nitrogen and oxygen atoms in total. The van der Waals surface area contributed by atoms with E-state index in [0.29, 0.717) is 10.6 Å². The Morgan fingerprint density at radius 2 is 2.05 bits per heavy atom. The minimum atomic E-state index is 0.184. The third-order valence-electron chi connectivity index (χ3n) is 2.74. The first kappa shape index (κ1) is 11.4. The molecule has 2 heterocycles. The highest BCUT2D eigenvalue weighted by atomic mass is 16.6. The van der Waals surface area contributed by atoms with E-state index >= 15 is 0 Å². The molecule has 5 heteroatoms. The highest BCUT2D eigenvalue weighted by Crippen LogP contribution is 2.25. The van der Waals surface area contributed by atoms with Crippen molar-refractivity contribution in [2.75, 3.05) is 0 Å². The molecule has 0 fully saturated rings. The van der Waals surface area contributed by atoms with E-state index in [4.69, 9.17) is 4.74 Å². The number of ether oxygens (including phenoxy) is 1. The summed E-state index contributed by atoms with van der Waals surface area (Å²) in [6, 6.07) is 10.8. The fraction of sp³-hybridized carbons (Fsp3) is 0.0714. The molecule has 19 heavy (non-hydrogen) atoms. The second kappa shape index (κ2) is 4.53. The maximum absolute atomic E-state index is 11.6. The van der Waals surface area contributed by atoms with Crippen LogP contribution >= 0.6 is 0 Å². The lowest BCUT2D eigenvalue weighted by Crippen LogP contribution is -2.26. The van der Waals surface area contributed by atoms with E-state index < -0.39 is 0 Å². The molecule has 0 saturated heterocycles. The van der Waals surface area contributed by atoms with Crippen LogP contribution < -0.4 is 9.47 Å². The number of hydrogen-bond acceptors (Lipinski definition) is 4. The van der Waals surface area contributed by atoms with E-state index in [1.54, 1.807) is 18.2 Å². The Bertz CT molecular complexity index is 744. The molecule has 3 aromatic rings. The predicted octanol–water partition coefficient (Wildman–Crippen LogP) is 2.36. The average Bonchev–Trinajstić information content (AvgIpc) is 2.42. The van der Waals surface area contributed by atoms with Gasteiger partial charge in [0.25, 0.3) is 0 Å². The maximum Gasteiger partial charge on any atom is 0.386 e. The number of aromatic nitrogens is 3. The summed E-state index contributed by atoms with van der Waals surface area (Å²) in [4.78, 5) is 8.27. The van der Waals surface area contributed by atoms with E-state index in [9.17, 15) is 5.21 Å². The largest absolute Gasteiger partial charge is 0.616 e. The van der Waals surface area contributed by atoms with Crippen molar-refractivity contribution in [3.63, 3.8) is 0 Å². The predicted molar refractivity (Wildman–Crippen MR) is 69.8 cm³/mol. The molecule has 2 aromatic heterocycles. The van der Waals surface area contributed by atoms with Gasteiger partial charge in [-0.3, -0.25) is 0 Å². The SMILES string of the molecule is Cc1ccc2ncnc(Oc3cccc[n+]3[O-])c2c1. The molecule has 3 rings (SSSR count). The van der Waals surface area contributed by atoms with Gasteiger partial charge in [0.05, 0.1) is 17.0 Å². The van der Waals surface area contributed by atoms with Gasteiger partial charge in [-0.15, -0.1) is 4.73 Å². The lowest BCUT2D eigenvalue weighted by Gasteiger charge is -2.07. The number of pyridine rings is 1. The van der Waals surface area contributed by atoms with E-state index in [0.717, 1.165) is 16.5 Å². The zero-order valence-electron chi connectivity index (χ0n) is 10.3. The van der Waals surface area contributed by atoms with E-state index in [-0.39, 0.29) is 5.88 Å². The number of rotatable bonds is 2. The van der Waals surface area contributed by atoms with Crippen molar-refractivity contribution in [1.82, 2.24) is 9.97 Å². The number of nitrogens with zero attached hydrogens (tertiary/aromatic N) is 3. The van der Waals surface area contributed by atoms with Gasteiger partial charge in [0.2, 0.25) is 5.88 Å². The van der Waals surface area contributed by atoms with Crippen molar-refractivity contribution in [3.05, 3.63) is 59.7 Å². The summed E-state index contributed by atoms with van der Waals surface area (Å²) in [6.45, 7) is 1.98. The van der Waals surface area contributed by atoms with Crippen LogP contribution in [0.2, 0.25) is 0 Å². The molecule has 1 aromatic carbocycles. The third-order valence-corrected chi connectivity index (χ3v) is 2.74. The number of hydrogen-bond donors (Lipinski definition) is 0. The monoisotopic (exact) mass is 253 g/mol. The van der Waals surface area contributed by atoms with Crippen LogP contribution in [0.3, 0.4) is 0 Å². The van der Waals surface area contributed by atoms with E-state index in [2.05, 4.69) is 9.97 Å². The molecule has 0 aliphatic carbocycles. The Labute approximate surface area is 109 Å². The van der Waals surface area contributed by atoms with Crippen molar-refractivity contribution in [2.24, 2.45) is 0 Å². The lowest BCUT2D eigenvalue weighted by atomic mass is 10.2. The fourth-order valence-corrected chi connectivity index (χ4v) is 1.82. The maximum atomic E-state index is 11.6. The zero-order valence-corrected chi connectivity index (χ0v) is 10.3. The first-order chi connectivity index (χ1) is 9.24. The van der Waals surface area contributed by atoms with Crippen LogP contribution in [0.15, 0.2) is 48.9 Å². The van der Waals surface area contributed by atoms with Gasteiger partial charge >= 0.3 is 5.88 Å². The minimum absolute atomic E-state index is 0.184. The van der Waals surface area contributed by atoms with Crippen molar-refractivity contribution in [2.45, 2.75) is 6.92 Å². The molecule has 0 aliphatic rings. The summed E-state index contributed by atoms with van der Waals surface area (Å²) in [6.07, 6.45) is 2.80. The van der Waals surface area contributed by atoms with Crippen LogP contribution in [-0.4, -0.2) is 9.97 Å². The number of aryl methyl sites for hydroxylation is 1. The normalized spacial score (nSPS) is 10.6. The van der Waals surface area contributed by atoms with Gasteiger partial charge in [0, 0.05) is 6.07 Å². The van der Waals surface area contributed by atoms with E-state index in [1.165, 1.54) is 12.5 Å². The van der Waals surface area contributed by atoms with Crippen LogP contribution in [0, 0.1) is 12.1 Å². The first-order valence-electron chi connectivity index (χ1n) is 5.81. The number of fused-ring (bicyclic) bond motifs is 1. The third kappa shape index (κ3) is 2.18. The average molecular weight is 253 g/mol. The summed E-state index contributed by atoms with van der Waals surface area (Å²) in [7, 11) is 0. The molecule has 0 aliphatic heterocycles. The molecule has 0 unspecified atom stereocenters. The molecular weight excluding hydrogens is 242 g/mol. The quantitative estimate of drug-likeness (QED) is 0.519. The van der Waals surface area contributed by atoms with Gasteiger partial charge < -0.3 is 9.94 Å². The fourth-order valence-electron chi connectivity index (χ4n) is 1.82. The zero-order chi connectivity index (χ0) is 13.2. The Balaban J connectivity index is 2.10. The second-order valence-corrected chi connectivity index (χ2v) is 4.17. The summed E-state index contributed by atoms with van der Waals surface area (Å²) in [5.41, 5.74) is 1.86. The van der Waals surface area contributed by atoms with Crippen LogP contribution in [0.4, 0.5) is 0 Å². The highest BCUT2D eigenvalue weighted by molar-refractivity contribution is 5.83. The summed E-state index contributed by atoms with van der Waals surface area (Å²) < 4.78 is 6.23. The number of benzene rings is 1. The smallest absolute Gasteiger partial charge is 0.386 e. The van der Waals surface area contributed by atoms with Gasteiger partial charge in [-0.1, -0.05) is 11.6 Å². The van der Waals surface area contributed by atoms with Gasteiger partial charge in [-0.05, 0) is 25.1 Å². The summed E-state index contributed by atoms with van der Waals surface area (Å²) in [5.74, 6) is 0.563. The standard InChI is InChI=1S/C14H11N3O2/c1-10-5-6-12-11(8-10)14(16-9-15-12)19-13-4-2-3-7-17(13)18/h2-9H,1H3. The molecule has 0 amide bonds. The van der Waals surface area contributed by atoms with E-state index in [1.807, 2.05) is 25.1 Å². The Kier molecular flexibility index (Phi) is 2.72. The molecule has 0 atom stereocenters. The van der Waals surface area contributed by atoms with Crippen molar-refractivity contribution in [1.29, 1.82) is 0 Å². The van der Waals surface area contributed by atoms with Crippen molar-refractivity contribution >= 4 is 10.9 Å². The molecule has 0 radical (unpaired) electrons. The topological polar surface area (TPSA) is 62.0 Å². The van der Waals surface area contributed by atoms with Gasteiger partial charge in [0.1, 0.15) is 6.33 Å².